The Bertz CT molecular complexity index is 683. The first-order valence-electron chi connectivity index (χ1n) is 6.86. The zero-order chi connectivity index (χ0) is 16.1. The Morgan fingerprint density at radius 1 is 1.09 bits per heavy atom. The number of para-hydroxylation sites is 1. The van der Waals surface area contributed by atoms with Crippen LogP contribution in [0.2, 0.25) is 0 Å². The largest absolute Gasteiger partial charge is 0.324 e. The lowest BCUT2D eigenvalue weighted by Crippen LogP contribution is -2.36. The maximum Gasteiger partial charge on any atom is 0.244 e. The van der Waals surface area contributed by atoms with E-state index in [4.69, 9.17) is 0 Å². The van der Waals surface area contributed by atoms with Crippen molar-refractivity contribution in [2.45, 2.75) is 13.8 Å². The first-order chi connectivity index (χ1) is 10.5. The molecule has 0 saturated heterocycles. The fraction of sp³-hybridized carbons (Fsp3) is 0.176. The second-order valence-electron chi connectivity index (χ2n) is 4.97. The van der Waals surface area contributed by atoms with Crippen LogP contribution >= 0.6 is 15.9 Å². The molecule has 0 fully saturated rings. The van der Waals surface area contributed by atoms with E-state index in [9.17, 15) is 9.59 Å². The van der Waals surface area contributed by atoms with Crippen LogP contribution in [0.15, 0.2) is 53.0 Å². The normalized spacial score (nSPS) is 10.1. The number of carbonyl (C=O) groups is 2. The highest BCUT2D eigenvalue weighted by Crippen LogP contribution is 2.21. The van der Waals surface area contributed by atoms with Gasteiger partial charge in [0.1, 0.15) is 6.54 Å². The molecule has 0 spiro atoms. The minimum Gasteiger partial charge on any atom is -0.324 e. The number of aryl methyl sites for hydroxylation is 1. The highest BCUT2D eigenvalue weighted by atomic mass is 79.9. The summed E-state index contributed by atoms with van der Waals surface area (Å²) < 4.78 is 0.799. The number of hydrogen-bond acceptors (Lipinski definition) is 2. The fourth-order valence-electron chi connectivity index (χ4n) is 2.01. The molecule has 2 amide bonds. The number of amides is 2. The smallest absolute Gasteiger partial charge is 0.244 e. The summed E-state index contributed by atoms with van der Waals surface area (Å²) in [6.45, 7) is 3.40. The van der Waals surface area contributed by atoms with E-state index in [2.05, 4.69) is 21.2 Å². The minimum absolute atomic E-state index is 0.0280. The third-order valence-electron chi connectivity index (χ3n) is 3.18. The number of benzene rings is 2. The summed E-state index contributed by atoms with van der Waals surface area (Å²) in [5.41, 5.74) is 2.49. The fourth-order valence-corrected chi connectivity index (χ4v) is 2.39. The van der Waals surface area contributed by atoms with Crippen LogP contribution in [0.3, 0.4) is 0 Å². The lowest BCUT2D eigenvalue weighted by molar-refractivity contribution is -0.120. The van der Waals surface area contributed by atoms with Crippen LogP contribution in [0.4, 0.5) is 11.4 Å². The highest BCUT2D eigenvalue weighted by molar-refractivity contribution is 9.10. The predicted octanol–water partition coefficient (Wildman–Crippen LogP) is 3.75. The number of nitrogens with one attached hydrogen (secondary N) is 1. The molecule has 1 N–H and O–H groups in total. The van der Waals surface area contributed by atoms with Gasteiger partial charge in [-0.05, 0) is 47.1 Å². The Kier molecular flexibility index (Phi) is 5.33. The zero-order valence-electron chi connectivity index (χ0n) is 12.5. The van der Waals surface area contributed by atoms with Crippen molar-refractivity contribution in [3.8, 4) is 0 Å². The molecule has 0 radical (unpaired) electrons. The molecule has 5 heteroatoms. The summed E-state index contributed by atoms with van der Waals surface area (Å²) in [5, 5.41) is 2.80. The molecule has 2 rings (SSSR count). The second-order valence-corrected chi connectivity index (χ2v) is 5.82. The topological polar surface area (TPSA) is 49.4 Å². The number of halogens is 1. The summed E-state index contributed by atoms with van der Waals surface area (Å²) in [7, 11) is 0. The highest BCUT2D eigenvalue weighted by Gasteiger charge is 2.16. The van der Waals surface area contributed by atoms with E-state index < -0.39 is 0 Å². The molecule has 0 heterocycles. The van der Waals surface area contributed by atoms with Gasteiger partial charge in [0.25, 0.3) is 0 Å². The molecule has 114 valence electrons. The lowest BCUT2D eigenvalue weighted by atomic mass is 10.2. The zero-order valence-corrected chi connectivity index (χ0v) is 14.1. The Labute approximate surface area is 138 Å². The van der Waals surface area contributed by atoms with E-state index in [0.717, 1.165) is 10.0 Å². The maximum atomic E-state index is 12.2. The molecule has 0 atom stereocenters. The molecule has 0 aromatic heterocycles. The Balaban J connectivity index is 2.11. The molecule has 2 aromatic rings. The van der Waals surface area contributed by atoms with Gasteiger partial charge in [-0.15, -0.1) is 0 Å². The van der Waals surface area contributed by atoms with Crippen molar-refractivity contribution in [1.82, 2.24) is 0 Å². The molecular formula is C17H17BrN2O2. The van der Waals surface area contributed by atoms with Gasteiger partial charge in [0, 0.05) is 17.1 Å². The van der Waals surface area contributed by atoms with Gasteiger partial charge in [-0.1, -0.05) is 29.8 Å². The summed E-state index contributed by atoms with van der Waals surface area (Å²) in [6, 6.07) is 14.8. The van der Waals surface area contributed by atoms with E-state index >= 15 is 0 Å². The van der Waals surface area contributed by atoms with Crippen LogP contribution in [0.1, 0.15) is 12.5 Å². The van der Waals surface area contributed by atoms with Crippen molar-refractivity contribution in [1.29, 1.82) is 0 Å². The summed E-state index contributed by atoms with van der Waals surface area (Å²) in [5.74, 6) is -0.422. The average Bonchev–Trinajstić information content (AvgIpc) is 2.48. The van der Waals surface area contributed by atoms with Crippen LogP contribution in [0.25, 0.3) is 0 Å². The molecule has 0 aliphatic rings. The van der Waals surface area contributed by atoms with Crippen LogP contribution in [-0.4, -0.2) is 18.4 Å². The SMILES string of the molecule is CC(=O)N(CC(=O)Nc1ccccc1Br)c1ccc(C)cc1. The molecule has 22 heavy (non-hydrogen) atoms. The molecule has 2 aromatic carbocycles. The Hall–Kier alpha value is -2.14. The molecule has 0 saturated carbocycles. The number of hydrogen-bond donors (Lipinski definition) is 1. The number of anilines is 2. The summed E-state index contributed by atoms with van der Waals surface area (Å²) in [4.78, 5) is 25.5. The molecular weight excluding hydrogens is 344 g/mol. The van der Waals surface area contributed by atoms with Crippen molar-refractivity contribution >= 4 is 39.1 Å². The van der Waals surface area contributed by atoms with Gasteiger partial charge in [-0.25, -0.2) is 0 Å². The molecule has 0 unspecified atom stereocenters. The summed E-state index contributed by atoms with van der Waals surface area (Å²) >= 11 is 3.38. The van der Waals surface area contributed by atoms with Gasteiger partial charge in [0.05, 0.1) is 5.69 Å². The van der Waals surface area contributed by atoms with Crippen LogP contribution in [0, 0.1) is 6.92 Å². The van der Waals surface area contributed by atoms with Crippen LogP contribution < -0.4 is 10.2 Å². The molecule has 4 nitrogen and oxygen atoms in total. The van der Waals surface area contributed by atoms with Crippen molar-refractivity contribution < 1.29 is 9.59 Å². The van der Waals surface area contributed by atoms with Crippen molar-refractivity contribution in [2.75, 3.05) is 16.8 Å². The minimum atomic E-state index is -0.248. The van der Waals surface area contributed by atoms with Crippen molar-refractivity contribution in [3.05, 3.63) is 58.6 Å². The maximum absolute atomic E-state index is 12.2. The quantitative estimate of drug-likeness (QED) is 0.902. The number of nitrogens with zero attached hydrogens (tertiary/aromatic N) is 1. The Morgan fingerprint density at radius 3 is 2.32 bits per heavy atom. The Morgan fingerprint density at radius 2 is 1.73 bits per heavy atom. The third-order valence-corrected chi connectivity index (χ3v) is 3.87. The van der Waals surface area contributed by atoms with Gasteiger partial charge in [0.15, 0.2) is 0 Å². The van der Waals surface area contributed by atoms with Gasteiger partial charge in [0.2, 0.25) is 11.8 Å². The standard InChI is InChI=1S/C17H17BrN2O2/c1-12-7-9-14(10-8-12)20(13(2)21)11-17(22)19-16-6-4-3-5-15(16)18/h3-10H,11H2,1-2H3,(H,19,22). The first kappa shape index (κ1) is 16.2. The number of rotatable bonds is 4. The van der Waals surface area contributed by atoms with Gasteiger partial charge >= 0.3 is 0 Å². The van der Waals surface area contributed by atoms with E-state index in [-0.39, 0.29) is 18.4 Å². The van der Waals surface area contributed by atoms with Crippen LogP contribution in [-0.2, 0) is 9.59 Å². The van der Waals surface area contributed by atoms with Gasteiger partial charge < -0.3 is 10.2 Å². The number of carbonyl (C=O) groups excluding carboxylic acids is 2. The average molecular weight is 361 g/mol. The van der Waals surface area contributed by atoms with E-state index in [1.807, 2.05) is 49.4 Å². The van der Waals surface area contributed by atoms with E-state index in [1.54, 1.807) is 6.07 Å². The van der Waals surface area contributed by atoms with Gasteiger partial charge in [-0.2, -0.15) is 0 Å². The van der Waals surface area contributed by atoms with Crippen molar-refractivity contribution in [2.24, 2.45) is 0 Å². The van der Waals surface area contributed by atoms with Crippen molar-refractivity contribution in [3.63, 3.8) is 0 Å². The second kappa shape index (κ2) is 7.22. The molecule has 0 aliphatic carbocycles. The predicted molar refractivity (Wildman–Crippen MR) is 92.0 cm³/mol. The van der Waals surface area contributed by atoms with Crippen LogP contribution in [0.5, 0.6) is 0 Å². The first-order valence-corrected chi connectivity index (χ1v) is 7.66. The lowest BCUT2D eigenvalue weighted by Gasteiger charge is -2.21. The van der Waals surface area contributed by atoms with E-state index in [0.29, 0.717) is 11.4 Å². The third kappa shape index (κ3) is 4.18. The molecule has 0 bridgehead atoms. The van der Waals surface area contributed by atoms with E-state index in [1.165, 1.54) is 11.8 Å². The summed E-state index contributed by atoms with van der Waals surface area (Å²) in [6.07, 6.45) is 0. The monoisotopic (exact) mass is 360 g/mol. The van der Waals surface area contributed by atoms with Gasteiger partial charge in [-0.3, -0.25) is 9.59 Å². The molecule has 0 aliphatic heterocycles.